The molecule has 2 heterocycles. The highest BCUT2D eigenvalue weighted by molar-refractivity contribution is 5.83. The van der Waals surface area contributed by atoms with Crippen LogP contribution in [0.1, 0.15) is 45.4 Å². The molecule has 2 fully saturated rings. The second-order valence-corrected chi connectivity index (χ2v) is 6.29. The molecule has 114 valence electrons. The Kier molecular flexibility index (Phi) is 5.02. The zero-order chi connectivity index (χ0) is 14.6. The lowest BCUT2D eigenvalue weighted by Crippen LogP contribution is -2.48. The average Bonchev–Trinajstić information content (AvgIpc) is 2.88. The molecule has 0 spiro atoms. The van der Waals surface area contributed by atoms with E-state index in [-0.39, 0.29) is 23.7 Å². The highest BCUT2D eigenvalue weighted by Gasteiger charge is 2.43. The van der Waals surface area contributed by atoms with E-state index in [2.05, 4.69) is 12.2 Å². The van der Waals surface area contributed by atoms with Gasteiger partial charge in [-0.05, 0) is 38.1 Å². The first-order chi connectivity index (χ1) is 9.57. The fourth-order valence-corrected chi connectivity index (χ4v) is 3.65. The van der Waals surface area contributed by atoms with Crippen LogP contribution in [0.4, 0.5) is 0 Å². The quantitative estimate of drug-likeness (QED) is 0.801. The summed E-state index contributed by atoms with van der Waals surface area (Å²) in [4.78, 5) is 25.5. The summed E-state index contributed by atoms with van der Waals surface area (Å²) in [6, 6.07) is 0. The molecule has 0 radical (unpaired) electrons. The van der Waals surface area contributed by atoms with E-state index in [9.17, 15) is 9.59 Å². The molecule has 0 aromatic carbocycles. The van der Waals surface area contributed by atoms with Gasteiger partial charge in [0.25, 0.3) is 0 Å². The molecule has 0 bridgehead atoms. The normalized spacial score (nSPS) is 27.8. The molecule has 1 amide bonds. The Bertz CT molecular complexity index is 356. The van der Waals surface area contributed by atoms with E-state index < -0.39 is 5.97 Å². The number of carboxylic acid groups (broad SMARTS) is 1. The number of carboxylic acids is 1. The van der Waals surface area contributed by atoms with E-state index in [4.69, 9.17) is 5.11 Å². The molecule has 2 aliphatic heterocycles. The molecule has 1 atom stereocenters. The first-order valence-electron chi connectivity index (χ1n) is 7.79. The number of amides is 1. The van der Waals surface area contributed by atoms with Gasteiger partial charge in [-0.15, -0.1) is 0 Å². The summed E-state index contributed by atoms with van der Waals surface area (Å²) in [6.45, 7) is 5.31. The van der Waals surface area contributed by atoms with Crippen LogP contribution in [0.2, 0.25) is 0 Å². The molecule has 0 aromatic rings. The Labute approximate surface area is 120 Å². The molecule has 2 aliphatic rings. The Morgan fingerprint density at radius 2 is 2.05 bits per heavy atom. The summed E-state index contributed by atoms with van der Waals surface area (Å²) < 4.78 is 0. The summed E-state index contributed by atoms with van der Waals surface area (Å²) in [5, 5.41) is 12.2. The van der Waals surface area contributed by atoms with Gasteiger partial charge in [-0.25, -0.2) is 0 Å². The number of piperidine rings is 1. The van der Waals surface area contributed by atoms with Gasteiger partial charge in [0.05, 0.1) is 5.41 Å². The minimum atomic E-state index is -0.725. The second kappa shape index (κ2) is 6.57. The van der Waals surface area contributed by atoms with Crippen molar-refractivity contribution in [1.29, 1.82) is 0 Å². The molecule has 2 N–H and O–H groups in total. The monoisotopic (exact) mass is 282 g/mol. The largest absolute Gasteiger partial charge is 0.481 e. The molecule has 2 rings (SSSR count). The standard InChI is InChI=1S/C15H26N2O3/c1-2-5-15(6-7-16-11-15)14(20)17-8-3-12(4-9-17)10-13(18)19/h12,16H,2-11H2,1H3,(H,18,19). The first-order valence-corrected chi connectivity index (χ1v) is 7.79. The summed E-state index contributed by atoms with van der Waals surface area (Å²) in [7, 11) is 0. The van der Waals surface area contributed by atoms with Crippen molar-refractivity contribution >= 4 is 11.9 Å². The smallest absolute Gasteiger partial charge is 0.303 e. The Morgan fingerprint density at radius 3 is 2.55 bits per heavy atom. The van der Waals surface area contributed by atoms with Gasteiger partial charge in [0.15, 0.2) is 0 Å². The van der Waals surface area contributed by atoms with Gasteiger partial charge in [-0.1, -0.05) is 13.3 Å². The molecule has 20 heavy (non-hydrogen) atoms. The lowest BCUT2D eigenvalue weighted by molar-refractivity contribution is -0.143. The van der Waals surface area contributed by atoms with Crippen molar-refractivity contribution in [3.8, 4) is 0 Å². The van der Waals surface area contributed by atoms with Crippen molar-refractivity contribution in [3.05, 3.63) is 0 Å². The molecule has 5 nitrogen and oxygen atoms in total. The van der Waals surface area contributed by atoms with Crippen LogP contribution in [0.15, 0.2) is 0 Å². The van der Waals surface area contributed by atoms with E-state index >= 15 is 0 Å². The first kappa shape index (κ1) is 15.3. The molecule has 0 aliphatic carbocycles. The Morgan fingerprint density at radius 1 is 1.35 bits per heavy atom. The van der Waals surface area contributed by atoms with Gasteiger partial charge in [-0.3, -0.25) is 9.59 Å². The molecule has 0 aromatic heterocycles. The maximum Gasteiger partial charge on any atom is 0.303 e. The average molecular weight is 282 g/mol. The summed E-state index contributed by atoms with van der Waals surface area (Å²) in [5.41, 5.74) is -0.200. The van der Waals surface area contributed by atoms with Crippen LogP contribution in [0.5, 0.6) is 0 Å². The van der Waals surface area contributed by atoms with Crippen LogP contribution in [-0.4, -0.2) is 48.1 Å². The number of aliphatic carboxylic acids is 1. The van der Waals surface area contributed by atoms with Crippen molar-refractivity contribution in [2.24, 2.45) is 11.3 Å². The lowest BCUT2D eigenvalue weighted by Gasteiger charge is -2.38. The highest BCUT2D eigenvalue weighted by atomic mass is 16.4. The van der Waals surface area contributed by atoms with E-state index in [1.807, 2.05) is 4.90 Å². The maximum atomic E-state index is 12.8. The molecular formula is C15H26N2O3. The van der Waals surface area contributed by atoms with E-state index in [1.165, 1.54) is 0 Å². The van der Waals surface area contributed by atoms with Crippen molar-refractivity contribution in [2.45, 2.75) is 45.4 Å². The van der Waals surface area contributed by atoms with E-state index in [0.717, 1.165) is 58.3 Å². The highest BCUT2D eigenvalue weighted by Crippen LogP contribution is 2.35. The summed E-state index contributed by atoms with van der Waals surface area (Å²) in [5.74, 6) is -0.198. The zero-order valence-electron chi connectivity index (χ0n) is 12.4. The van der Waals surface area contributed by atoms with Gasteiger partial charge in [0.1, 0.15) is 0 Å². The van der Waals surface area contributed by atoms with Gasteiger partial charge in [0.2, 0.25) is 5.91 Å². The fraction of sp³-hybridized carbons (Fsp3) is 0.867. The summed E-state index contributed by atoms with van der Waals surface area (Å²) >= 11 is 0. The molecule has 5 heteroatoms. The van der Waals surface area contributed by atoms with E-state index in [0.29, 0.717) is 0 Å². The Balaban J connectivity index is 1.92. The molecule has 1 unspecified atom stereocenters. The van der Waals surface area contributed by atoms with Crippen molar-refractivity contribution in [1.82, 2.24) is 10.2 Å². The predicted octanol–water partition coefficient (Wildman–Crippen LogP) is 1.48. The zero-order valence-corrected chi connectivity index (χ0v) is 12.4. The second-order valence-electron chi connectivity index (χ2n) is 6.29. The van der Waals surface area contributed by atoms with Crippen LogP contribution in [0, 0.1) is 11.3 Å². The van der Waals surface area contributed by atoms with Crippen molar-refractivity contribution in [2.75, 3.05) is 26.2 Å². The van der Waals surface area contributed by atoms with Crippen molar-refractivity contribution < 1.29 is 14.7 Å². The van der Waals surface area contributed by atoms with Crippen molar-refractivity contribution in [3.63, 3.8) is 0 Å². The van der Waals surface area contributed by atoms with Crippen LogP contribution in [-0.2, 0) is 9.59 Å². The Hall–Kier alpha value is -1.10. The number of nitrogens with one attached hydrogen (secondary N) is 1. The maximum absolute atomic E-state index is 12.8. The predicted molar refractivity (Wildman–Crippen MR) is 76.4 cm³/mol. The van der Waals surface area contributed by atoms with Crippen LogP contribution < -0.4 is 5.32 Å². The number of nitrogens with zero attached hydrogens (tertiary/aromatic N) is 1. The lowest BCUT2D eigenvalue weighted by atomic mass is 9.80. The van der Waals surface area contributed by atoms with Gasteiger partial charge >= 0.3 is 5.97 Å². The topological polar surface area (TPSA) is 69.6 Å². The third kappa shape index (κ3) is 3.32. The minimum Gasteiger partial charge on any atom is -0.481 e. The SMILES string of the molecule is CCCC1(C(=O)N2CCC(CC(=O)O)CC2)CCNC1. The number of rotatable bonds is 5. The number of hydrogen-bond donors (Lipinski definition) is 2. The van der Waals surface area contributed by atoms with Gasteiger partial charge in [-0.2, -0.15) is 0 Å². The minimum absolute atomic E-state index is 0.200. The van der Waals surface area contributed by atoms with Crippen LogP contribution in [0.25, 0.3) is 0 Å². The van der Waals surface area contributed by atoms with Crippen LogP contribution in [0.3, 0.4) is 0 Å². The number of carbonyl (C=O) groups excluding carboxylic acids is 1. The fourth-order valence-electron chi connectivity index (χ4n) is 3.65. The number of hydrogen-bond acceptors (Lipinski definition) is 3. The van der Waals surface area contributed by atoms with Gasteiger partial charge in [0, 0.05) is 26.1 Å². The number of likely N-dealkylation sites (tertiary alicyclic amines) is 1. The van der Waals surface area contributed by atoms with E-state index in [1.54, 1.807) is 0 Å². The third-order valence-electron chi connectivity index (χ3n) is 4.79. The number of carbonyl (C=O) groups is 2. The van der Waals surface area contributed by atoms with Gasteiger partial charge < -0.3 is 15.3 Å². The molecule has 0 saturated carbocycles. The summed E-state index contributed by atoms with van der Waals surface area (Å²) in [6.07, 6.45) is 4.82. The van der Waals surface area contributed by atoms with Crippen LogP contribution >= 0.6 is 0 Å². The third-order valence-corrected chi connectivity index (χ3v) is 4.79. The molecular weight excluding hydrogens is 256 g/mol. The molecule has 2 saturated heterocycles.